The van der Waals surface area contributed by atoms with E-state index in [4.69, 9.17) is 8.85 Å². The third kappa shape index (κ3) is 7.52. The molecule has 0 unspecified atom stereocenters. The van der Waals surface area contributed by atoms with E-state index in [2.05, 4.69) is 38.2 Å². The predicted molar refractivity (Wildman–Crippen MR) is 77.5 cm³/mol. The van der Waals surface area contributed by atoms with Crippen LogP contribution in [0, 0.1) is 0 Å². The largest absolute Gasteiger partial charge is 0.394 e. The highest BCUT2D eigenvalue weighted by atomic mass is 28.4. The summed E-state index contributed by atoms with van der Waals surface area (Å²) in [6, 6.07) is 1.91. The summed E-state index contributed by atoms with van der Waals surface area (Å²) in [4.78, 5) is 0. The van der Waals surface area contributed by atoms with Gasteiger partial charge in [-0.2, -0.15) is 0 Å². The lowest BCUT2D eigenvalue weighted by molar-refractivity contribution is 0.188. The first-order valence-electron chi connectivity index (χ1n) is 6.82. The first-order chi connectivity index (χ1) is 8.24. The second-order valence-electron chi connectivity index (χ2n) is 3.94. The first kappa shape index (κ1) is 16.6. The van der Waals surface area contributed by atoms with Crippen LogP contribution in [0.1, 0.15) is 40.5 Å². The van der Waals surface area contributed by atoms with Gasteiger partial charge in [0.1, 0.15) is 0 Å². The van der Waals surface area contributed by atoms with Gasteiger partial charge in [0.2, 0.25) is 0 Å². The summed E-state index contributed by atoms with van der Waals surface area (Å²) in [7, 11) is -2.04. The topological polar surface area (TPSA) is 18.5 Å². The summed E-state index contributed by atoms with van der Waals surface area (Å²) < 4.78 is 12.0. The van der Waals surface area contributed by atoms with E-state index >= 15 is 0 Å². The Balaban J connectivity index is 4.57. The van der Waals surface area contributed by atoms with E-state index in [1.165, 1.54) is 0 Å². The standard InChI is InChI=1S/C14H28O2Si/c1-5-9-11-13-17(15-7-3,16-8-4)14-12-10-6-2/h9-12H,5-8,13-14H2,1-4H3. The van der Waals surface area contributed by atoms with Gasteiger partial charge in [0, 0.05) is 25.3 Å². The smallest absolute Gasteiger partial charge is 0.345 e. The highest BCUT2D eigenvalue weighted by Crippen LogP contribution is 2.21. The van der Waals surface area contributed by atoms with Crippen molar-refractivity contribution in [3.63, 3.8) is 0 Å². The zero-order valence-corrected chi connectivity index (χ0v) is 12.9. The molecule has 0 aliphatic rings. The molecule has 0 aromatic carbocycles. The summed E-state index contributed by atoms with van der Waals surface area (Å²) in [6.07, 6.45) is 11.0. The normalized spacial score (nSPS) is 12.9. The van der Waals surface area contributed by atoms with Crippen LogP contribution in [0.4, 0.5) is 0 Å². The van der Waals surface area contributed by atoms with Gasteiger partial charge in [-0.1, -0.05) is 38.2 Å². The summed E-state index contributed by atoms with van der Waals surface area (Å²) in [5, 5.41) is 0. The van der Waals surface area contributed by atoms with Crippen molar-refractivity contribution in [2.24, 2.45) is 0 Å². The van der Waals surface area contributed by atoms with Crippen molar-refractivity contribution in [1.29, 1.82) is 0 Å². The number of allylic oxidation sites excluding steroid dienone is 4. The lowest BCUT2D eigenvalue weighted by atomic mass is 10.4. The SMILES string of the molecule is CCC=CC[Si](CC=CCC)(OCC)OCC. The van der Waals surface area contributed by atoms with Crippen LogP contribution in [0.3, 0.4) is 0 Å². The molecule has 0 aliphatic carbocycles. The average molecular weight is 256 g/mol. The molecule has 0 N–H and O–H groups in total. The lowest BCUT2D eigenvalue weighted by Crippen LogP contribution is -2.41. The van der Waals surface area contributed by atoms with Crippen molar-refractivity contribution in [3.05, 3.63) is 24.3 Å². The van der Waals surface area contributed by atoms with E-state index in [0.717, 1.165) is 38.1 Å². The highest BCUT2D eigenvalue weighted by molar-refractivity contribution is 6.68. The third-order valence-corrected chi connectivity index (χ3v) is 5.82. The van der Waals surface area contributed by atoms with Crippen LogP contribution < -0.4 is 0 Å². The van der Waals surface area contributed by atoms with Crippen LogP contribution in [-0.4, -0.2) is 21.8 Å². The van der Waals surface area contributed by atoms with Crippen LogP contribution in [0.25, 0.3) is 0 Å². The van der Waals surface area contributed by atoms with Crippen LogP contribution in [-0.2, 0) is 8.85 Å². The summed E-state index contributed by atoms with van der Waals surface area (Å²) in [5.74, 6) is 0. The van der Waals surface area contributed by atoms with Gasteiger partial charge >= 0.3 is 8.56 Å². The molecular weight excluding hydrogens is 228 g/mol. The van der Waals surface area contributed by atoms with E-state index in [9.17, 15) is 0 Å². The van der Waals surface area contributed by atoms with E-state index in [1.54, 1.807) is 0 Å². The molecule has 0 aromatic heterocycles. The molecule has 0 spiro atoms. The maximum absolute atomic E-state index is 5.98. The third-order valence-electron chi connectivity index (χ3n) is 2.48. The van der Waals surface area contributed by atoms with Gasteiger partial charge < -0.3 is 8.85 Å². The van der Waals surface area contributed by atoms with Crippen molar-refractivity contribution < 1.29 is 8.85 Å². The molecule has 0 aliphatic heterocycles. The van der Waals surface area contributed by atoms with Crippen LogP contribution >= 0.6 is 0 Å². The minimum absolute atomic E-state index is 0.742. The van der Waals surface area contributed by atoms with Crippen molar-refractivity contribution >= 4 is 8.56 Å². The quantitative estimate of drug-likeness (QED) is 0.425. The predicted octanol–water partition coefficient (Wildman–Crippen LogP) is 4.43. The van der Waals surface area contributed by atoms with Crippen molar-refractivity contribution in [2.75, 3.05) is 13.2 Å². The maximum Gasteiger partial charge on any atom is 0.345 e. The number of rotatable bonds is 10. The Labute approximate surface area is 108 Å². The Morgan fingerprint density at radius 1 is 0.706 bits per heavy atom. The fourth-order valence-electron chi connectivity index (χ4n) is 1.75. The molecule has 0 bridgehead atoms. The van der Waals surface area contributed by atoms with Crippen LogP contribution in [0.2, 0.25) is 12.1 Å². The number of hydrogen-bond acceptors (Lipinski definition) is 2. The molecule has 0 rings (SSSR count). The monoisotopic (exact) mass is 256 g/mol. The Hall–Kier alpha value is -0.383. The van der Waals surface area contributed by atoms with Gasteiger partial charge in [-0.3, -0.25) is 0 Å². The Morgan fingerprint density at radius 3 is 1.41 bits per heavy atom. The number of hydrogen-bond donors (Lipinski definition) is 0. The zero-order chi connectivity index (χ0) is 13.0. The molecule has 0 aromatic rings. The summed E-state index contributed by atoms with van der Waals surface area (Å²) >= 11 is 0. The molecule has 3 heteroatoms. The first-order valence-corrected chi connectivity index (χ1v) is 9.05. The Bertz CT molecular complexity index is 200. The molecule has 17 heavy (non-hydrogen) atoms. The lowest BCUT2D eigenvalue weighted by Gasteiger charge is -2.28. The van der Waals surface area contributed by atoms with Crippen molar-refractivity contribution in [3.8, 4) is 0 Å². The average Bonchev–Trinajstić information content (AvgIpc) is 2.30. The highest BCUT2D eigenvalue weighted by Gasteiger charge is 2.34. The molecule has 0 fully saturated rings. The zero-order valence-electron chi connectivity index (χ0n) is 11.9. The molecule has 100 valence electrons. The van der Waals surface area contributed by atoms with Crippen LogP contribution in [0.15, 0.2) is 24.3 Å². The molecular formula is C14H28O2Si. The molecule has 0 heterocycles. The van der Waals surface area contributed by atoms with Gasteiger partial charge in [0.05, 0.1) is 0 Å². The van der Waals surface area contributed by atoms with E-state index in [-0.39, 0.29) is 0 Å². The second kappa shape index (κ2) is 10.8. The van der Waals surface area contributed by atoms with Crippen LogP contribution in [0.5, 0.6) is 0 Å². The molecule has 2 nitrogen and oxygen atoms in total. The van der Waals surface area contributed by atoms with Gasteiger partial charge in [0.25, 0.3) is 0 Å². The van der Waals surface area contributed by atoms with E-state index in [1.807, 2.05) is 13.8 Å². The maximum atomic E-state index is 5.98. The van der Waals surface area contributed by atoms with E-state index < -0.39 is 8.56 Å². The van der Waals surface area contributed by atoms with Gasteiger partial charge in [0.15, 0.2) is 0 Å². The Kier molecular flexibility index (Phi) is 10.5. The summed E-state index contributed by atoms with van der Waals surface area (Å²) in [5.41, 5.74) is 0. The van der Waals surface area contributed by atoms with Gasteiger partial charge in [-0.25, -0.2) is 0 Å². The van der Waals surface area contributed by atoms with Crippen molar-refractivity contribution in [2.45, 2.75) is 52.6 Å². The Morgan fingerprint density at radius 2 is 1.12 bits per heavy atom. The minimum Gasteiger partial charge on any atom is -0.394 e. The van der Waals surface area contributed by atoms with E-state index in [0.29, 0.717) is 0 Å². The molecule has 0 radical (unpaired) electrons. The summed E-state index contributed by atoms with van der Waals surface area (Å²) in [6.45, 7) is 9.89. The van der Waals surface area contributed by atoms with Gasteiger partial charge in [-0.05, 0) is 26.7 Å². The fraction of sp³-hybridized carbons (Fsp3) is 0.714. The molecule has 0 saturated carbocycles. The fourth-order valence-corrected chi connectivity index (χ4v) is 4.57. The molecule has 0 saturated heterocycles. The minimum atomic E-state index is -2.04. The molecule has 0 atom stereocenters. The van der Waals surface area contributed by atoms with Crippen molar-refractivity contribution in [1.82, 2.24) is 0 Å². The second-order valence-corrected chi connectivity index (χ2v) is 7.16. The van der Waals surface area contributed by atoms with Gasteiger partial charge in [-0.15, -0.1) is 0 Å². The molecule has 0 amide bonds.